The zero-order valence-electron chi connectivity index (χ0n) is 10.7. The molecule has 0 aliphatic carbocycles. The molecule has 0 aliphatic rings. The molecule has 0 aromatic carbocycles. The van der Waals surface area contributed by atoms with Crippen LogP contribution in [0.2, 0.25) is 0 Å². The Morgan fingerprint density at radius 1 is 1.68 bits per heavy atom. The smallest absolute Gasteiger partial charge is 0.306 e. The highest BCUT2D eigenvalue weighted by molar-refractivity contribution is 7.84. The number of aromatic nitrogens is 2. The van der Waals surface area contributed by atoms with Gasteiger partial charge in [-0.2, -0.15) is 5.10 Å². The Kier molecular flexibility index (Phi) is 6.60. The third kappa shape index (κ3) is 5.90. The summed E-state index contributed by atoms with van der Waals surface area (Å²) in [6.45, 7) is 2.93. The topological polar surface area (TPSA) is 110 Å². The van der Waals surface area contributed by atoms with E-state index in [4.69, 9.17) is 0 Å². The van der Waals surface area contributed by atoms with Gasteiger partial charge in [0.05, 0.1) is 17.6 Å². The van der Waals surface area contributed by atoms with Gasteiger partial charge in [0.1, 0.15) is 12.4 Å². The van der Waals surface area contributed by atoms with Crippen molar-refractivity contribution in [3.05, 3.63) is 22.5 Å². The van der Waals surface area contributed by atoms with Crippen molar-refractivity contribution in [1.29, 1.82) is 0 Å². The molecule has 0 radical (unpaired) electrons. The van der Waals surface area contributed by atoms with Gasteiger partial charge >= 0.3 is 5.69 Å². The molecule has 0 fully saturated rings. The summed E-state index contributed by atoms with van der Waals surface area (Å²) in [6.07, 6.45) is 1.72. The van der Waals surface area contributed by atoms with E-state index in [0.29, 0.717) is 24.6 Å². The molecule has 1 aromatic heterocycles. The van der Waals surface area contributed by atoms with Crippen molar-refractivity contribution >= 4 is 16.5 Å². The van der Waals surface area contributed by atoms with Crippen LogP contribution in [0.15, 0.2) is 12.4 Å². The SMILES string of the molecule is CCS(=O)CCNCC(O)Cn1cc([N+](=O)[O-])cn1. The predicted octanol–water partition coefficient (Wildman–Crippen LogP) is -0.490. The van der Waals surface area contributed by atoms with Crippen LogP contribution in [0.5, 0.6) is 0 Å². The molecular formula is C10H18N4O4S. The molecule has 2 N–H and O–H groups in total. The van der Waals surface area contributed by atoms with Gasteiger partial charge < -0.3 is 10.4 Å². The molecule has 8 nitrogen and oxygen atoms in total. The van der Waals surface area contributed by atoms with Gasteiger partial charge in [-0.05, 0) is 0 Å². The highest BCUT2D eigenvalue weighted by Crippen LogP contribution is 2.07. The molecule has 1 aromatic rings. The molecule has 0 saturated carbocycles. The van der Waals surface area contributed by atoms with Crippen LogP contribution in [0.4, 0.5) is 5.69 Å². The lowest BCUT2D eigenvalue weighted by Gasteiger charge is -2.11. The average Bonchev–Trinajstić information content (AvgIpc) is 2.83. The maximum atomic E-state index is 11.1. The fourth-order valence-corrected chi connectivity index (χ4v) is 2.09. The van der Waals surface area contributed by atoms with Crippen molar-refractivity contribution in [3.8, 4) is 0 Å². The van der Waals surface area contributed by atoms with Gasteiger partial charge in [-0.1, -0.05) is 6.92 Å². The molecule has 1 rings (SSSR count). The highest BCUT2D eigenvalue weighted by atomic mass is 32.2. The third-order valence-electron chi connectivity index (χ3n) is 2.44. The lowest BCUT2D eigenvalue weighted by atomic mass is 10.3. The molecule has 9 heteroatoms. The summed E-state index contributed by atoms with van der Waals surface area (Å²) < 4.78 is 12.5. The van der Waals surface area contributed by atoms with Crippen LogP contribution in [-0.4, -0.2) is 54.7 Å². The van der Waals surface area contributed by atoms with Crippen molar-refractivity contribution in [2.75, 3.05) is 24.6 Å². The molecule has 0 aliphatic heterocycles. The molecule has 0 saturated heterocycles. The Morgan fingerprint density at radius 3 is 3.00 bits per heavy atom. The van der Waals surface area contributed by atoms with Crippen molar-refractivity contribution < 1.29 is 14.2 Å². The van der Waals surface area contributed by atoms with Crippen LogP contribution in [-0.2, 0) is 17.3 Å². The summed E-state index contributed by atoms with van der Waals surface area (Å²) in [5.41, 5.74) is -0.0986. The molecule has 0 bridgehead atoms. The monoisotopic (exact) mass is 290 g/mol. The summed E-state index contributed by atoms with van der Waals surface area (Å²) in [5.74, 6) is 1.18. The number of hydrogen-bond acceptors (Lipinski definition) is 6. The summed E-state index contributed by atoms with van der Waals surface area (Å²) in [7, 11) is -0.818. The maximum Gasteiger partial charge on any atom is 0.306 e. The molecule has 19 heavy (non-hydrogen) atoms. The Bertz CT molecular complexity index is 437. The van der Waals surface area contributed by atoms with Gasteiger partial charge in [-0.3, -0.25) is 19.0 Å². The second kappa shape index (κ2) is 7.97. The van der Waals surface area contributed by atoms with Crippen LogP contribution in [0.1, 0.15) is 6.92 Å². The standard InChI is InChI=1S/C10H18N4O4S/c1-2-19(18)4-3-11-6-10(15)8-13-7-9(5-12-13)14(16)17/h5,7,10-11,15H,2-4,6,8H2,1H3. The maximum absolute atomic E-state index is 11.1. The minimum atomic E-state index is -0.818. The molecule has 0 amide bonds. The van der Waals surface area contributed by atoms with Gasteiger partial charge in [0.25, 0.3) is 0 Å². The first-order valence-corrected chi connectivity index (χ1v) is 7.42. The van der Waals surface area contributed by atoms with E-state index >= 15 is 0 Å². The first kappa shape index (κ1) is 15.7. The Hall–Kier alpha value is -1.32. The van der Waals surface area contributed by atoms with Crippen molar-refractivity contribution in [2.45, 2.75) is 19.6 Å². The number of nitrogens with zero attached hydrogens (tertiary/aromatic N) is 3. The number of nitro groups is 1. The van der Waals surface area contributed by atoms with Crippen LogP contribution in [0.25, 0.3) is 0 Å². The zero-order chi connectivity index (χ0) is 14.3. The molecule has 108 valence electrons. The fourth-order valence-electron chi connectivity index (χ4n) is 1.43. The number of aliphatic hydroxyl groups is 1. The predicted molar refractivity (Wildman–Crippen MR) is 71.3 cm³/mol. The summed E-state index contributed by atoms with van der Waals surface area (Å²) >= 11 is 0. The van der Waals surface area contributed by atoms with E-state index in [-0.39, 0.29) is 12.2 Å². The van der Waals surface area contributed by atoms with Gasteiger partial charge in [0.2, 0.25) is 0 Å². The summed E-state index contributed by atoms with van der Waals surface area (Å²) in [6, 6.07) is 0. The van der Waals surface area contributed by atoms with Crippen LogP contribution in [0, 0.1) is 10.1 Å². The largest absolute Gasteiger partial charge is 0.390 e. The molecular weight excluding hydrogens is 272 g/mol. The Labute approximate surface area is 113 Å². The van der Waals surface area contributed by atoms with E-state index in [0.717, 1.165) is 6.20 Å². The third-order valence-corrected chi connectivity index (χ3v) is 3.74. The quantitative estimate of drug-likeness (QED) is 0.361. The van der Waals surface area contributed by atoms with Crippen molar-refractivity contribution in [3.63, 3.8) is 0 Å². The second-order valence-corrected chi connectivity index (χ2v) is 5.83. The minimum Gasteiger partial charge on any atom is -0.390 e. The normalized spacial score (nSPS) is 14.2. The van der Waals surface area contributed by atoms with E-state index in [1.54, 1.807) is 0 Å². The van der Waals surface area contributed by atoms with E-state index in [1.165, 1.54) is 10.9 Å². The number of hydrogen-bond donors (Lipinski definition) is 2. The second-order valence-electron chi connectivity index (χ2n) is 3.97. The number of aliphatic hydroxyl groups excluding tert-OH is 1. The molecule has 2 unspecified atom stereocenters. The minimum absolute atomic E-state index is 0.0986. The average molecular weight is 290 g/mol. The van der Waals surface area contributed by atoms with Crippen molar-refractivity contribution in [2.24, 2.45) is 0 Å². The lowest BCUT2D eigenvalue weighted by Crippen LogP contribution is -2.32. The zero-order valence-corrected chi connectivity index (χ0v) is 11.5. The van der Waals surface area contributed by atoms with Crippen LogP contribution in [0.3, 0.4) is 0 Å². The van der Waals surface area contributed by atoms with Gasteiger partial charge in [-0.15, -0.1) is 0 Å². The Balaban J connectivity index is 2.24. The molecule has 2 atom stereocenters. The number of nitrogens with one attached hydrogen (secondary N) is 1. The van der Waals surface area contributed by atoms with E-state index in [1.807, 2.05) is 6.92 Å². The van der Waals surface area contributed by atoms with Crippen molar-refractivity contribution in [1.82, 2.24) is 15.1 Å². The molecule has 0 spiro atoms. The van der Waals surface area contributed by atoms with Crippen LogP contribution >= 0.6 is 0 Å². The van der Waals surface area contributed by atoms with Gasteiger partial charge in [0.15, 0.2) is 0 Å². The Morgan fingerprint density at radius 2 is 2.42 bits per heavy atom. The van der Waals surface area contributed by atoms with Crippen LogP contribution < -0.4 is 5.32 Å². The summed E-state index contributed by atoms with van der Waals surface area (Å²) in [4.78, 5) is 9.92. The van der Waals surface area contributed by atoms with E-state index < -0.39 is 21.8 Å². The summed E-state index contributed by atoms with van der Waals surface area (Å²) in [5, 5.41) is 26.9. The van der Waals surface area contributed by atoms with E-state index in [9.17, 15) is 19.4 Å². The fraction of sp³-hybridized carbons (Fsp3) is 0.700. The van der Waals surface area contributed by atoms with E-state index in [2.05, 4.69) is 10.4 Å². The molecule has 1 heterocycles. The lowest BCUT2D eigenvalue weighted by molar-refractivity contribution is -0.385. The van der Waals surface area contributed by atoms with Gasteiger partial charge in [-0.25, -0.2) is 0 Å². The first-order chi connectivity index (χ1) is 9.02. The van der Waals surface area contributed by atoms with Gasteiger partial charge in [0, 0.05) is 35.4 Å². The number of rotatable bonds is 9. The highest BCUT2D eigenvalue weighted by Gasteiger charge is 2.11. The first-order valence-electron chi connectivity index (χ1n) is 5.93.